The van der Waals surface area contributed by atoms with Crippen molar-refractivity contribution in [3.05, 3.63) is 64.6 Å². The molecule has 1 N–H and O–H groups in total. The van der Waals surface area contributed by atoms with Crippen molar-refractivity contribution in [3.63, 3.8) is 0 Å². The van der Waals surface area contributed by atoms with Crippen LogP contribution in [-0.4, -0.2) is 20.8 Å². The molecular weight excluding hydrogens is 335 g/mol. The molecule has 7 heteroatoms. The highest BCUT2D eigenvalue weighted by molar-refractivity contribution is 6.03. The third kappa shape index (κ3) is 3.66. The van der Waals surface area contributed by atoms with E-state index in [1.807, 2.05) is 27.7 Å². The Morgan fingerprint density at radius 2 is 1.96 bits per heavy atom. The molecule has 3 aromatic rings. The van der Waals surface area contributed by atoms with Crippen molar-refractivity contribution < 1.29 is 13.7 Å². The second-order valence-electron chi connectivity index (χ2n) is 6.55. The van der Waals surface area contributed by atoms with Gasteiger partial charge in [0.1, 0.15) is 11.6 Å². The van der Waals surface area contributed by atoms with E-state index in [0.717, 1.165) is 11.3 Å². The number of nitrogens with one attached hydrogen (secondary N) is 1. The van der Waals surface area contributed by atoms with Gasteiger partial charge in [-0.25, -0.2) is 4.39 Å². The zero-order valence-corrected chi connectivity index (χ0v) is 15.2. The summed E-state index contributed by atoms with van der Waals surface area (Å²) >= 11 is 0. The van der Waals surface area contributed by atoms with Crippen LogP contribution in [0, 0.1) is 19.7 Å². The minimum absolute atomic E-state index is 0.158. The topological polar surface area (TPSA) is 73.0 Å². The summed E-state index contributed by atoms with van der Waals surface area (Å²) in [6, 6.07) is 7.91. The maximum Gasteiger partial charge on any atom is 0.277 e. The number of aryl methyl sites for hydroxylation is 1. The van der Waals surface area contributed by atoms with Gasteiger partial charge >= 0.3 is 0 Å². The molecule has 0 saturated heterocycles. The molecule has 0 spiro atoms. The maximum atomic E-state index is 13.0. The van der Waals surface area contributed by atoms with E-state index in [9.17, 15) is 9.18 Å². The fraction of sp³-hybridized carbons (Fsp3) is 0.316. The highest BCUT2D eigenvalue weighted by Crippen LogP contribution is 2.22. The summed E-state index contributed by atoms with van der Waals surface area (Å²) < 4.78 is 20.0. The average Bonchev–Trinajstić information content (AvgIpc) is 3.18. The quantitative estimate of drug-likeness (QED) is 0.748. The van der Waals surface area contributed by atoms with Crippen LogP contribution in [0.3, 0.4) is 0 Å². The Labute approximate surface area is 151 Å². The van der Waals surface area contributed by atoms with Crippen LogP contribution in [-0.2, 0) is 6.54 Å². The van der Waals surface area contributed by atoms with Crippen molar-refractivity contribution in [2.75, 3.05) is 5.32 Å². The first-order chi connectivity index (χ1) is 12.3. The van der Waals surface area contributed by atoms with Crippen molar-refractivity contribution in [3.8, 4) is 0 Å². The van der Waals surface area contributed by atoms with E-state index in [2.05, 4.69) is 15.6 Å². The van der Waals surface area contributed by atoms with Gasteiger partial charge in [-0.3, -0.25) is 9.48 Å². The number of hydrogen-bond acceptors (Lipinski definition) is 4. The normalized spacial score (nSPS) is 11.2. The zero-order chi connectivity index (χ0) is 18.8. The highest BCUT2D eigenvalue weighted by Gasteiger charge is 2.19. The smallest absolute Gasteiger partial charge is 0.277 e. The van der Waals surface area contributed by atoms with Crippen molar-refractivity contribution in [2.45, 2.75) is 40.2 Å². The molecule has 26 heavy (non-hydrogen) atoms. The van der Waals surface area contributed by atoms with Gasteiger partial charge in [0, 0.05) is 12.0 Å². The lowest BCUT2D eigenvalue weighted by Crippen LogP contribution is -2.13. The molecule has 2 aromatic heterocycles. The van der Waals surface area contributed by atoms with Gasteiger partial charge in [-0.2, -0.15) is 5.10 Å². The van der Waals surface area contributed by atoms with Crippen LogP contribution in [0.5, 0.6) is 0 Å². The van der Waals surface area contributed by atoms with Crippen LogP contribution in [0.15, 0.2) is 34.9 Å². The molecule has 0 bridgehead atoms. The predicted molar refractivity (Wildman–Crippen MR) is 95.7 cm³/mol. The van der Waals surface area contributed by atoms with Crippen LogP contribution in [0.2, 0.25) is 0 Å². The van der Waals surface area contributed by atoms with Crippen LogP contribution >= 0.6 is 0 Å². The van der Waals surface area contributed by atoms with Crippen LogP contribution in [0.4, 0.5) is 10.1 Å². The van der Waals surface area contributed by atoms with E-state index >= 15 is 0 Å². The Balaban J connectivity index is 1.78. The molecule has 6 nitrogen and oxygen atoms in total. The van der Waals surface area contributed by atoms with Crippen LogP contribution in [0.1, 0.15) is 53.0 Å². The van der Waals surface area contributed by atoms with Gasteiger partial charge in [0.2, 0.25) is 0 Å². The average molecular weight is 356 g/mol. The summed E-state index contributed by atoms with van der Waals surface area (Å²) in [5.41, 5.74) is 3.32. The molecule has 0 aliphatic heterocycles. The van der Waals surface area contributed by atoms with Gasteiger partial charge < -0.3 is 9.84 Å². The lowest BCUT2D eigenvalue weighted by Gasteiger charge is -2.06. The Morgan fingerprint density at radius 3 is 2.58 bits per heavy atom. The lowest BCUT2D eigenvalue weighted by atomic mass is 10.1. The summed E-state index contributed by atoms with van der Waals surface area (Å²) in [6.45, 7) is 8.13. The van der Waals surface area contributed by atoms with E-state index in [0.29, 0.717) is 23.7 Å². The molecule has 0 fully saturated rings. The summed E-state index contributed by atoms with van der Waals surface area (Å²) in [4.78, 5) is 12.4. The lowest BCUT2D eigenvalue weighted by molar-refractivity contribution is 0.101. The van der Waals surface area contributed by atoms with E-state index in [-0.39, 0.29) is 23.3 Å². The van der Waals surface area contributed by atoms with Crippen molar-refractivity contribution in [1.82, 2.24) is 14.9 Å². The number of carbonyl (C=O) groups excluding carboxylic acids is 1. The first kappa shape index (κ1) is 17.8. The number of nitrogens with zero attached hydrogens (tertiary/aromatic N) is 3. The van der Waals surface area contributed by atoms with E-state index < -0.39 is 0 Å². The number of aromatic nitrogens is 3. The summed E-state index contributed by atoms with van der Waals surface area (Å²) in [6.07, 6.45) is 0. The summed E-state index contributed by atoms with van der Waals surface area (Å²) in [5, 5.41) is 11.2. The Hall–Kier alpha value is -2.96. The van der Waals surface area contributed by atoms with Gasteiger partial charge in [-0.15, -0.1) is 0 Å². The highest BCUT2D eigenvalue weighted by atomic mass is 19.1. The van der Waals surface area contributed by atoms with Gasteiger partial charge in [0.25, 0.3) is 5.91 Å². The first-order valence-corrected chi connectivity index (χ1v) is 8.41. The Bertz CT molecular complexity index is 926. The number of carbonyl (C=O) groups is 1. The van der Waals surface area contributed by atoms with Crippen molar-refractivity contribution in [1.29, 1.82) is 0 Å². The second kappa shape index (κ2) is 7.11. The van der Waals surface area contributed by atoms with E-state index in [1.54, 1.807) is 22.9 Å². The summed E-state index contributed by atoms with van der Waals surface area (Å²) in [7, 11) is 0. The standard InChI is InChI=1S/C19H21FN4O2/c1-11(2)17-9-16(23-26-17)19(25)21-18-12(3)22-24(13(18)4)10-14-5-7-15(20)8-6-14/h5-9,11H,10H2,1-4H3,(H,21,25). The maximum absolute atomic E-state index is 13.0. The molecule has 3 rings (SSSR count). The first-order valence-electron chi connectivity index (χ1n) is 8.41. The van der Waals surface area contributed by atoms with Crippen molar-refractivity contribution in [2.24, 2.45) is 0 Å². The minimum Gasteiger partial charge on any atom is -0.360 e. The Morgan fingerprint density at radius 1 is 1.27 bits per heavy atom. The third-order valence-corrected chi connectivity index (χ3v) is 4.20. The van der Waals surface area contributed by atoms with Crippen LogP contribution in [0.25, 0.3) is 0 Å². The minimum atomic E-state index is -0.340. The zero-order valence-electron chi connectivity index (χ0n) is 15.2. The number of amides is 1. The molecule has 0 saturated carbocycles. The molecule has 0 radical (unpaired) electrons. The van der Waals surface area contributed by atoms with Crippen LogP contribution < -0.4 is 5.32 Å². The molecule has 136 valence electrons. The molecule has 1 amide bonds. The number of anilines is 1. The Kier molecular flexibility index (Phi) is 4.88. The largest absolute Gasteiger partial charge is 0.360 e. The number of halogens is 1. The SMILES string of the molecule is Cc1nn(Cc2ccc(F)cc2)c(C)c1NC(=O)c1cc(C(C)C)on1. The fourth-order valence-electron chi connectivity index (χ4n) is 2.64. The number of benzene rings is 1. The number of hydrogen-bond donors (Lipinski definition) is 1. The third-order valence-electron chi connectivity index (χ3n) is 4.20. The molecular formula is C19H21FN4O2. The molecule has 2 heterocycles. The monoisotopic (exact) mass is 356 g/mol. The second-order valence-corrected chi connectivity index (χ2v) is 6.55. The molecule has 0 aliphatic carbocycles. The molecule has 0 unspecified atom stereocenters. The molecule has 1 aromatic carbocycles. The van der Waals surface area contributed by atoms with Gasteiger partial charge in [0.15, 0.2) is 5.69 Å². The van der Waals surface area contributed by atoms with Gasteiger partial charge in [0.05, 0.1) is 23.6 Å². The van der Waals surface area contributed by atoms with Gasteiger partial charge in [-0.05, 0) is 31.5 Å². The summed E-state index contributed by atoms with van der Waals surface area (Å²) in [5.74, 6) is 0.207. The van der Waals surface area contributed by atoms with Crippen molar-refractivity contribution >= 4 is 11.6 Å². The number of rotatable bonds is 5. The predicted octanol–water partition coefficient (Wildman–Crippen LogP) is 4.05. The molecule has 0 atom stereocenters. The van der Waals surface area contributed by atoms with Gasteiger partial charge in [-0.1, -0.05) is 31.1 Å². The fourth-order valence-corrected chi connectivity index (χ4v) is 2.64. The van der Waals surface area contributed by atoms with E-state index in [4.69, 9.17) is 4.52 Å². The molecule has 0 aliphatic rings. The van der Waals surface area contributed by atoms with E-state index in [1.165, 1.54) is 12.1 Å².